The molecule has 1 atom stereocenters. The van der Waals surface area contributed by atoms with Gasteiger partial charge in [-0.1, -0.05) is 6.07 Å². The molecule has 0 bridgehead atoms. The van der Waals surface area contributed by atoms with E-state index >= 15 is 0 Å². The highest BCUT2D eigenvalue weighted by Gasteiger charge is 2.02. The summed E-state index contributed by atoms with van der Waals surface area (Å²) in [6.07, 6.45) is 0. The fourth-order valence-electron chi connectivity index (χ4n) is 0.942. The Bertz CT molecular complexity index is 301. The highest BCUT2D eigenvalue weighted by Crippen LogP contribution is 2.01. The summed E-state index contributed by atoms with van der Waals surface area (Å²) in [5.41, 5.74) is 6.96. The molecule has 0 saturated carbocycles. The van der Waals surface area contributed by atoms with E-state index in [1.165, 1.54) is 0 Å². The summed E-state index contributed by atoms with van der Waals surface area (Å²) >= 11 is 0. The van der Waals surface area contributed by atoms with Crippen LogP contribution in [0.4, 0.5) is 0 Å². The van der Waals surface area contributed by atoms with E-state index in [0.717, 1.165) is 5.69 Å². The van der Waals surface area contributed by atoms with E-state index in [1.807, 2.05) is 13.0 Å². The number of nitrogens with two attached hydrogens (primary N) is 1. The Balaban J connectivity index is 3.21. The van der Waals surface area contributed by atoms with E-state index in [-0.39, 0.29) is 11.6 Å². The minimum Gasteiger partial charge on any atom is -0.326 e. The normalized spacial score (nSPS) is 13.0. The minimum atomic E-state index is -0.195. The predicted molar refractivity (Wildman–Crippen MR) is 44.4 cm³/mol. The van der Waals surface area contributed by atoms with Gasteiger partial charge in [-0.3, -0.25) is 4.79 Å². The molecule has 1 aromatic heterocycles. The van der Waals surface area contributed by atoms with Crippen LogP contribution in [-0.2, 0) is 0 Å². The molecule has 11 heavy (non-hydrogen) atoms. The number of hydrogen-bond acceptors (Lipinski definition) is 2. The lowest BCUT2D eigenvalue weighted by Gasteiger charge is -2.03. The van der Waals surface area contributed by atoms with Crippen molar-refractivity contribution in [1.29, 1.82) is 0 Å². The van der Waals surface area contributed by atoms with E-state index < -0.39 is 0 Å². The topological polar surface area (TPSA) is 58.9 Å². The van der Waals surface area contributed by atoms with Gasteiger partial charge in [-0.15, -0.1) is 0 Å². The first-order valence-corrected chi connectivity index (χ1v) is 3.56. The molecule has 1 heterocycles. The van der Waals surface area contributed by atoms with Crippen molar-refractivity contribution >= 4 is 0 Å². The number of rotatable bonds is 1. The van der Waals surface area contributed by atoms with E-state index in [1.54, 1.807) is 13.0 Å². The van der Waals surface area contributed by atoms with Gasteiger partial charge in [0, 0.05) is 17.3 Å². The molecular weight excluding hydrogens is 140 g/mol. The molecule has 0 saturated heterocycles. The van der Waals surface area contributed by atoms with Crippen molar-refractivity contribution in [3.8, 4) is 0 Å². The number of pyridine rings is 1. The zero-order valence-electron chi connectivity index (χ0n) is 6.72. The van der Waals surface area contributed by atoms with Gasteiger partial charge < -0.3 is 10.7 Å². The van der Waals surface area contributed by atoms with Gasteiger partial charge >= 0.3 is 0 Å². The lowest BCUT2D eigenvalue weighted by Crippen LogP contribution is -2.19. The van der Waals surface area contributed by atoms with Crippen molar-refractivity contribution < 1.29 is 0 Å². The Kier molecular flexibility index (Phi) is 2.10. The van der Waals surface area contributed by atoms with Crippen LogP contribution in [0.5, 0.6) is 0 Å². The molecule has 1 rings (SSSR count). The molecule has 3 N–H and O–H groups in total. The van der Waals surface area contributed by atoms with Gasteiger partial charge in [0.2, 0.25) is 0 Å². The van der Waals surface area contributed by atoms with E-state index in [0.29, 0.717) is 5.56 Å². The molecule has 1 aromatic rings. The van der Waals surface area contributed by atoms with Crippen LogP contribution in [-0.4, -0.2) is 4.98 Å². The lowest BCUT2D eigenvalue weighted by atomic mass is 10.1. The van der Waals surface area contributed by atoms with Crippen molar-refractivity contribution in [3.05, 3.63) is 33.7 Å². The Hall–Kier alpha value is -1.09. The molecule has 3 nitrogen and oxygen atoms in total. The van der Waals surface area contributed by atoms with Crippen LogP contribution in [0, 0.1) is 6.92 Å². The summed E-state index contributed by atoms with van der Waals surface area (Å²) in [6, 6.07) is 3.42. The molecule has 0 amide bonds. The number of aryl methyl sites for hydroxylation is 1. The zero-order valence-corrected chi connectivity index (χ0v) is 6.72. The van der Waals surface area contributed by atoms with Crippen LogP contribution < -0.4 is 11.3 Å². The van der Waals surface area contributed by atoms with Gasteiger partial charge in [0.1, 0.15) is 0 Å². The molecule has 0 spiro atoms. The second kappa shape index (κ2) is 2.88. The summed E-state index contributed by atoms with van der Waals surface area (Å²) in [7, 11) is 0. The van der Waals surface area contributed by atoms with Gasteiger partial charge in [0.25, 0.3) is 5.56 Å². The maximum absolute atomic E-state index is 11.1. The van der Waals surface area contributed by atoms with Crippen molar-refractivity contribution in [2.45, 2.75) is 19.9 Å². The summed E-state index contributed by atoms with van der Waals surface area (Å²) in [5, 5.41) is 0. The van der Waals surface area contributed by atoms with Gasteiger partial charge in [-0.05, 0) is 19.9 Å². The summed E-state index contributed by atoms with van der Waals surface area (Å²) < 4.78 is 0. The maximum atomic E-state index is 11.1. The highest BCUT2D eigenvalue weighted by molar-refractivity contribution is 5.16. The van der Waals surface area contributed by atoms with E-state index in [2.05, 4.69) is 4.98 Å². The van der Waals surface area contributed by atoms with Crippen molar-refractivity contribution in [2.24, 2.45) is 5.73 Å². The van der Waals surface area contributed by atoms with Crippen LogP contribution in [0.25, 0.3) is 0 Å². The Labute approximate surface area is 65.2 Å². The molecule has 0 aromatic carbocycles. The molecule has 0 aliphatic heterocycles. The molecular formula is C8H12N2O. The minimum absolute atomic E-state index is 0.0833. The molecule has 0 fully saturated rings. The summed E-state index contributed by atoms with van der Waals surface area (Å²) in [4.78, 5) is 13.8. The number of H-pyrrole nitrogens is 1. The SMILES string of the molecule is Cc1ccc(C(C)N)c(=O)[nH]1. The molecule has 3 heteroatoms. The predicted octanol–water partition coefficient (Wildman–Crippen LogP) is 0.703. The standard InChI is InChI=1S/C8H12N2O/c1-5-3-4-7(6(2)9)8(11)10-5/h3-4,6H,9H2,1-2H3,(H,10,11). The number of aromatic nitrogens is 1. The molecule has 0 radical (unpaired) electrons. The van der Waals surface area contributed by atoms with Crippen molar-refractivity contribution in [3.63, 3.8) is 0 Å². The van der Waals surface area contributed by atoms with Gasteiger partial charge in [0.05, 0.1) is 0 Å². The average Bonchev–Trinajstić information content (AvgIpc) is 1.85. The number of nitrogens with one attached hydrogen (secondary N) is 1. The Morgan fingerprint density at radius 3 is 2.64 bits per heavy atom. The van der Waals surface area contributed by atoms with Gasteiger partial charge in [-0.25, -0.2) is 0 Å². The smallest absolute Gasteiger partial charge is 0.252 e. The largest absolute Gasteiger partial charge is 0.326 e. The first kappa shape index (κ1) is 8.01. The summed E-state index contributed by atoms with van der Waals surface area (Å²) in [6.45, 7) is 3.63. The highest BCUT2D eigenvalue weighted by atomic mass is 16.1. The third-order valence-corrected chi connectivity index (χ3v) is 1.58. The van der Waals surface area contributed by atoms with E-state index in [9.17, 15) is 4.79 Å². The van der Waals surface area contributed by atoms with Crippen molar-refractivity contribution in [1.82, 2.24) is 4.98 Å². The van der Waals surface area contributed by atoms with Crippen LogP contribution in [0.15, 0.2) is 16.9 Å². The Morgan fingerprint density at radius 2 is 2.18 bits per heavy atom. The first-order chi connectivity index (χ1) is 5.11. The lowest BCUT2D eigenvalue weighted by molar-refractivity contribution is 0.797. The van der Waals surface area contributed by atoms with E-state index in [4.69, 9.17) is 5.73 Å². The quantitative estimate of drug-likeness (QED) is 0.622. The fourth-order valence-corrected chi connectivity index (χ4v) is 0.942. The van der Waals surface area contributed by atoms with Crippen LogP contribution in [0.2, 0.25) is 0 Å². The Morgan fingerprint density at radius 1 is 1.55 bits per heavy atom. The molecule has 0 aliphatic rings. The average molecular weight is 152 g/mol. The first-order valence-electron chi connectivity index (χ1n) is 3.56. The molecule has 60 valence electrons. The molecule has 1 unspecified atom stereocenters. The van der Waals surface area contributed by atoms with Gasteiger partial charge in [0.15, 0.2) is 0 Å². The third-order valence-electron chi connectivity index (χ3n) is 1.58. The summed E-state index contributed by atoms with van der Waals surface area (Å²) in [5.74, 6) is 0. The van der Waals surface area contributed by atoms with Crippen molar-refractivity contribution in [2.75, 3.05) is 0 Å². The zero-order chi connectivity index (χ0) is 8.43. The maximum Gasteiger partial charge on any atom is 0.252 e. The number of aromatic amines is 1. The third kappa shape index (κ3) is 1.68. The fraction of sp³-hybridized carbons (Fsp3) is 0.375. The monoisotopic (exact) mass is 152 g/mol. The molecule has 0 aliphatic carbocycles. The second-order valence-corrected chi connectivity index (χ2v) is 2.71. The number of hydrogen-bond donors (Lipinski definition) is 2. The van der Waals surface area contributed by atoms with Gasteiger partial charge in [-0.2, -0.15) is 0 Å². The van der Waals surface area contributed by atoms with Crippen LogP contribution >= 0.6 is 0 Å². The second-order valence-electron chi connectivity index (χ2n) is 2.71. The van der Waals surface area contributed by atoms with Crippen LogP contribution in [0.1, 0.15) is 24.2 Å². The van der Waals surface area contributed by atoms with Crippen LogP contribution in [0.3, 0.4) is 0 Å².